The van der Waals surface area contributed by atoms with Crippen LogP contribution in [0.5, 0.6) is 0 Å². The van der Waals surface area contributed by atoms with Gasteiger partial charge in [0.15, 0.2) is 7.05 Å². The minimum Gasteiger partial charge on any atom is -0.409 e. The Bertz CT molecular complexity index is 563. The van der Waals surface area contributed by atoms with E-state index < -0.39 is 0 Å². The first-order chi connectivity index (χ1) is 9.25. The maximum Gasteiger partial charge on any atom is 0.397 e. The van der Waals surface area contributed by atoms with Crippen LogP contribution >= 0.6 is 22.6 Å². The molecule has 0 aromatic heterocycles. The summed E-state index contributed by atoms with van der Waals surface area (Å²) in [6.07, 6.45) is 7.39. The highest BCUT2D eigenvalue weighted by atomic mass is 127. The van der Waals surface area contributed by atoms with Gasteiger partial charge in [-0.25, -0.2) is 0 Å². The largest absolute Gasteiger partial charge is 0.409 e. The Kier molecular flexibility index (Phi) is 3.59. The van der Waals surface area contributed by atoms with Crippen molar-refractivity contribution >= 4 is 28.5 Å². The van der Waals surface area contributed by atoms with Crippen LogP contribution in [0.1, 0.15) is 18.2 Å². The predicted octanol–water partition coefficient (Wildman–Crippen LogP) is 2.95. The normalized spacial score (nSPS) is 25.9. The Balaban J connectivity index is 1.83. The van der Waals surface area contributed by atoms with E-state index in [2.05, 4.69) is 58.4 Å². The molecule has 1 aliphatic heterocycles. The Hall–Kier alpha value is -1.30. The molecule has 1 aromatic rings. The van der Waals surface area contributed by atoms with Crippen LogP contribution in [0.4, 0.5) is 0 Å². The van der Waals surface area contributed by atoms with Gasteiger partial charge < -0.3 is 4.74 Å². The smallest absolute Gasteiger partial charge is 0.397 e. The van der Waals surface area contributed by atoms with Crippen molar-refractivity contribution < 1.29 is 9.42 Å². The fourth-order valence-corrected chi connectivity index (χ4v) is 3.06. The summed E-state index contributed by atoms with van der Waals surface area (Å²) in [6, 6.07) is 10.2. The van der Waals surface area contributed by atoms with Crippen LogP contribution in [-0.4, -0.2) is 21.6 Å². The lowest BCUT2D eigenvalue weighted by Gasteiger charge is -2.13. The second-order valence-electron chi connectivity index (χ2n) is 4.66. The summed E-state index contributed by atoms with van der Waals surface area (Å²) in [5.74, 6) is 0.928. The summed E-state index contributed by atoms with van der Waals surface area (Å²) < 4.78 is 8.54. The van der Waals surface area contributed by atoms with Gasteiger partial charge in [0.2, 0.25) is 6.23 Å². The summed E-state index contributed by atoms with van der Waals surface area (Å²) in [5, 5.41) is 0. The number of allylic oxidation sites excluding steroid dienone is 3. The van der Waals surface area contributed by atoms with Gasteiger partial charge in [0.25, 0.3) is 0 Å². The number of hydrazone groups is 1. The van der Waals surface area contributed by atoms with E-state index in [0.29, 0.717) is 3.92 Å². The summed E-state index contributed by atoms with van der Waals surface area (Å²) in [7, 11) is 2.00. The van der Waals surface area contributed by atoms with E-state index in [-0.39, 0.29) is 6.23 Å². The van der Waals surface area contributed by atoms with Gasteiger partial charge >= 0.3 is 5.90 Å². The van der Waals surface area contributed by atoms with Crippen molar-refractivity contribution in [3.63, 3.8) is 0 Å². The standard InChI is InChI=1S/C15H16IN2O/c1-18-15(12-9-5-6-10-13(12)16)19-14(17-18)11-7-3-2-4-8-11/h2-9,13-14,17H,10H2,1H3/q+1. The third-order valence-electron chi connectivity index (χ3n) is 3.29. The molecule has 1 heterocycles. The van der Waals surface area contributed by atoms with Crippen molar-refractivity contribution in [2.75, 3.05) is 7.05 Å². The highest BCUT2D eigenvalue weighted by molar-refractivity contribution is 14.1. The Morgan fingerprint density at radius 3 is 2.84 bits per heavy atom. The minimum atomic E-state index is -0.100. The van der Waals surface area contributed by atoms with E-state index in [9.17, 15) is 0 Å². The maximum atomic E-state index is 6.09. The first-order valence-electron chi connectivity index (χ1n) is 6.35. The Morgan fingerprint density at radius 1 is 1.32 bits per heavy atom. The molecule has 0 saturated carbocycles. The summed E-state index contributed by atoms with van der Waals surface area (Å²) >= 11 is 2.47. The lowest BCUT2D eigenvalue weighted by atomic mass is 10.1. The molecule has 1 aliphatic carbocycles. The van der Waals surface area contributed by atoms with Crippen molar-refractivity contribution in [3.8, 4) is 0 Å². The zero-order valence-electron chi connectivity index (χ0n) is 10.7. The number of rotatable bonds is 2. The molecule has 0 spiro atoms. The predicted molar refractivity (Wildman–Crippen MR) is 84.2 cm³/mol. The molecule has 2 atom stereocenters. The summed E-state index contributed by atoms with van der Waals surface area (Å²) in [5.41, 5.74) is 5.73. The Labute approximate surface area is 126 Å². The molecule has 3 rings (SSSR count). The second-order valence-corrected chi connectivity index (χ2v) is 6.16. The highest BCUT2D eigenvalue weighted by Gasteiger charge is 2.36. The fourth-order valence-electron chi connectivity index (χ4n) is 2.29. The SMILES string of the molecule is C[N+]1=C(C2=CC=CCC2I)OC(c2ccccc2)N1. The van der Waals surface area contributed by atoms with Gasteiger partial charge in [-0.15, -0.1) is 5.43 Å². The summed E-state index contributed by atoms with van der Waals surface area (Å²) in [4.78, 5) is 0. The number of hydrogen-bond donors (Lipinski definition) is 1. The molecule has 1 aromatic carbocycles. The van der Waals surface area contributed by atoms with E-state index in [0.717, 1.165) is 17.9 Å². The van der Waals surface area contributed by atoms with Gasteiger partial charge in [0.05, 0.1) is 5.57 Å². The van der Waals surface area contributed by atoms with Gasteiger partial charge in [-0.1, -0.05) is 69.8 Å². The zero-order valence-corrected chi connectivity index (χ0v) is 12.9. The van der Waals surface area contributed by atoms with Crippen molar-refractivity contribution in [2.45, 2.75) is 16.6 Å². The van der Waals surface area contributed by atoms with Crippen LogP contribution in [0.3, 0.4) is 0 Å². The lowest BCUT2D eigenvalue weighted by molar-refractivity contribution is -0.556. The van der Waals surface area contributed by atoms with Gasteiger partial charge in [-0.05, 0) is 12.5 Å². The minimum absolute atomic E-state index is 0.100. The van der Waals surface area contributed by atoms with Crippen LogP contribution in [0.2, 0.25) is 0 Å². The molecule has 3 nitrogen and oxygen atoms in total. The monoisotopic (exact) mass is 367 g/mol. The van der Waals surface area contributed by atoms with E-state index in [1.165, 1.54) is 5.57 Å². The molecule has 0 radical (unpaired) electrons. The Morgan fingerprint density at radius 2 is 2.11 bits per heavy atom. The molecule has 98 valence electrons. The van der Waals surface area contributed by atoms with Crippen LogP contribution < -0.4 is 5.43 Å². The van der Waals surface area contributed by atoms with Gasteiger partial charge in [-0.2, -0.15) is 0 Å². The summed E-state index contributed by atoms with van der Waals surface area (Å²) in [6.45, 7) is 0. The van der Waals surface area contributed by atoms with E-state index in [1.807, 2.05) is 29.9 Å². The zero-order chi connectivity index (χ0) is 13.2. The average Bonchev–Trinajstić information content (AvgIpc) is 2.82. The van der Waals surface area contributed by atoms with Crippen molar-refractivity contribution in [2.24, 2.45) is 0 Å². The maximum absolute atomic E-state index is 6.09. The molecule has 0 saturated heterocycles. The quantitative estimate of drug-likeness (QED) is 0.494. The van der Waals surface area contributed by atoms with Crippen LogP contribution in [-0.2, 0) is 4.74 Å². The second kappa shape index (κ2) is 5.36. The molecule has 4 heteroatoms. The van der Waals surface area contributed by atoms with Crippen molar-refractivity contribution in [3.05, 3.63) is 59.7 Å². The van der Waals surface area contributed by atoms with Crippen LogP contribution in [0.25, 0.3) is 0 Å². The molecule has 0 amide bonds. The van der Waals surface area contributed by atoms with Crippen LogP contribution in [0.15, 0.2) is 54.1 Å². The molecular weight excluding hydrogens is 351 g/mol. The molecule has 19 heavy (non-hydrogen) atoms. The number of ether oxygens (including phenoxy) is 1. The average molecular weight is 367 g/mol. The lowest BCUT2D eigenvalue weighted by Crippen LogP contribution is -2.25. The fraction of sp³-hybridized carbons (Fsp3) is 0.267. The number of alkyl halides is 1. The number of nitrogens with one attached hydrogen (secondary N) is 1. The molecule has 0 fully saturated rings. The first kappa shape index (κ1) is 12.7. The highest BCUT2D eigenvalue weighted by Crippen LogP contribution is 2.27. The van der Waals surface area contributed by atoms with Gasteiger partial charge in [0.1, 0.15) is 0 Å². The number of hydrazine groups is 1. The molecule has 0 bridgehead atoms. The van der Waals surface area contributed by atoms with Gasteiger partial charge in [0, 0.05) is 9.49 Å². The van der Waals surface area contributed by atoms with E-state index in [1.54, 1.807) is 0 Å². The van der Waals surface area contributed by atoms with Gasteiger partial charge in [-0.3, -0.25) is 0 Å². The van der Waals surface area contributed by atoms with Crippen molar-refractivity contribution in [1.29, 1.82) is 0 Å². The third-order valence-corrected chi connectivity index (χ3v) is 4.47. The van der Waals surface area contributed by atoms with E-state index in [4.69, 9.17) is 4.74 Å². The number of hydrogen-bond acceptors (Lipinski definition) is 2. The van der Waals surface area contributed by atoms with E-state index >= 15 is 0 Å². The molecule has 2 unspecified atom stereocenters. The first-order valence-corrected chi connectivity index (χ1v) is 7.60. The topological polar surface area (TPSA) is 24.3 Å². The van der Waals surface area contributed by atoms with Crippen molar-refractivity contribution in [1.82, 2.24) is 5.43 Å². The number of nitrogens with zero attached hydrogens (tertiary/aromatic N) is 1. The third kappa shape index (κ3) is 2.54. The number of benzene rings is 1. The molecule has 2 aliphatic rings. The number of halogens is 1. The molecule has 1 N–H and O–H groups in total. The molecular formula is C15H16IN2O+. The van der Waals surface area contributed by atoms with Crippen LogP contribution in [0, 0.1) is 0 Å².